The van der Waals surface area contributed by atoms with Gasteiger partial charge in [0.25, 0.3) is 0 Å². The van der Waals surface area contributed by atoms with Crippen molar-refractivity contribution in [2.75, 3.05) is 7.05 Å². The van der Waals surface area contributed by atoms with Crippen molar-refractivity contribution in [2.24, 2.45) is 0 Å². The Morgan fingerprint density at radius 2 is 1.50 bits per heavy atom. The fraction of sp³-hybridized carbons (Fsp3) is 0.333. The molecule has 0 aromatic heterocycles. The van der Waals surface area contributed by atoms with Crippen molar-refractivity contribution in [1.82, 2.24) is 0 Å². The minimum atomic E-state index is -0.667. The van der Waals surface area contributed by atoms with E-state index in [1.807, 2.05) is 0 Å². The normalized spacial score (nSPS) is 8.38. The summed E-state index contributed by atoms with van der Waals surface area (Å²) in [4.78, 5) is 0. The number of nitrogens with zero attached hydrogens (tertiary/aromatic N) is 1. The third-order valence-corrected chi connectivity index (χ3v) is 0.365. The van der Waals surface area contributed by atoms with Crippen LogP contribution in [0.15, 0.2) is 12.8 Å². The maximum absolute atomic E-state index is 6.67. The van der Waals surface area contributed by atoms with E-state index < -0.39 is 4.70 Å². The maximum Gasteiger partial charge on any atom is 0.0692 e. The molecule has 0 rings (SSSR count). The van der Waals surface area contributed by atoms with Gasteiger partial charge in [0, 0.05) is 62.2 Å². The molecule has 0 aliphatic heterocycles. The summed E-state index contributed by atoms with van der Waals surface area (Å²) in [6.07, 6.45) is 1.21. The summed E-state index contributed by atoms with van der Waals surface area (Å²) in [5.41, 5.74) is 0. The molecule has 0 spiro atoms. The fourth-order valence-corrected chi connectivity index (χ4v) is 0. The summed E-state index contributed by atoms with van der Waals surface area (Å²) in [6, 6.07) is 0. The molecule has 0 aliphatic rings. The van der Waals surface area contributed by atoms with E-state index in [1.54, 1.807) is 0 Å². The van der Waals surface area contributed by atoms with Crippen LogP contribution in [-0.4, -0.2) is 11.7 Å². The fourth-order valence-electron chi connectivity index (χ4n) is 0. The van der Waals surface area contributed by atoms with Gasteiger partial charge in [-0.2, -0.15) is 0 Å². The molecule has 8 heavy (non-hydrogen) atoms. The van der Waals surface area contributed by atoms with Crippen molar-refractivity contribution >= 4 is 0 Å². The van der Waals surface area contributed by atoms with Crippen LogP contribution >= 0.6 is 0 Å². The third kappa shape index (κ3) is 15.6. The zero-order valence-electron chi connectivity index (χ0n) is 4.73. The van der Waals surface area contributed by atoms with E-state index >= 15 is 0 Å². The second kappa shape index (κ2) is 6.84. The van der Waals surface area contributed by atoms with Crippen LogP contribution < -0.4 is 0 Å². The van der Waals surface area contributed by atoms with E-state index in [9.17, 15) is 0 Å². The van der Waals surface area contributed by atoms with Crippen LogP contribution in [0.5, 0.6) is 0 Å². The van der Waals surface area contributed by atoms with Crippen LogP contribution in [0.1, 0.15) is 0 Å². The molecule has 2 N–H and O–H groups in total. The van der Waals surface area contributed by atoms with Crippen LogP contribution in [0.3, 0.4) is 0 Å². The van der Waals surface area contributed by atoms with E-state index in [1.165, 1.54) is 13.2 Å². The molecule has 0 aromatic rings. The predicted molar refractivity (Wildman–Crippen MR) is 25.0 cm³/mol. The van der Waals surface area contributed by atoms with Crippen molar-refractivity contribution in [1.29, 1.82) is 0 Å². The first-order chi connectivity index (χ1) is 2.56. The second-order valence-electron chi connectivity index (χ2n) is 1.26. The molecule has 0 aromatic carbocycles. The summed E-state index contributed by atoms with van der Waals surface area (Å²) in [6.45, 7) is 3.23. The van der Waals surface area contributed by atoms with Gasteiger partial charge in [0.15, 0.2) is 0 Å². The Hall–Kier alpha value is 1.72. The van der Waals surface area contributed by atoms with Gasteiger partial charge in [-0.25, -0.2) is 0 Å². The van der Waals surface area contributed by atoms with Gasteiger partial charge in [-0.3, -0.25) is 0 Å². The molecule has 0 radical (unpaired) electrons. The SMILES string of the molecule is C=C[N+](C)([NH-])[NH-].[U].[U]. The van der Waals surface area contributed by atoms with Crippen molar-refractivity contribution in [2.45, 2.75) is 0 Å². The van der Waals surface area contributed by atoms with Crippen molar-refractivity contribution in [3.8, 4) is 0 Å². The van der Waals surface area contributed by atoms with Crippen LogP contribution in [0, 0.1) is 62.2 Å². The largest absolute Gasteiger partial charge is 0.473 e. The number of rotatable bonds is 1. The average molecular weight is 562 g/mol. The van der Waals surface area contributed by atoms with Gasteiger partial charge in [-0.1, -0.05) is 0 Å². The Kier molecular flexibility index (Phi) is 14.0. The molecular formula is C3H8N3U2-. The van der Waals surface area contributed by atoms with E-state index in [4.69, 9.17) is 11.7 Å². The average Bonchev–Trinajstić information content (AvgIpc) is 1.35. The number of hydrogen-bond acceptors (Lipinski definition) is 0. The Bertz CT molecular complexity index is 58.0. The number of quaternary nitrogens is 1. The molecule has 0 fully saturated rings. The Morgan fingerprint density at radius 3 is 1.50 bits per heavy atom. The summed E-state index contributed by atoms with van der Waals surface area (Å²) in [5.74, 6) is 13.3. The van der Waals surface area contributed by atoms with Crippen LogP contribution in [0.4, 0.5) is 0 Å². The Balaban J connectivity index is -0.000000125. The van der Waals surface area contributed by atoms with Crippen LogP contribution in [0.25, 0.3) is 11.7 Å². The molecule has 0 atom stereocenters. The van der Waals surface area contributed by atoms with Crippen LogP contribution in [-0.2, 0) is 0 Å². The van der Waals surface area contributed by atoms with Crippen LogP contribution in [0.2, 0.25) is 0 Å². The Morgan fingerprint density at radius 1 is 1.38 bits per heavy atom. The molecule has 0 amide bonds. The van der Waals surface area contributed by atoms with Gasteiger partial charge in [-0.15, -0.1) is 0 Å². The zero-order chi connectivity index (χ0) is 5.21. The summed E-state index contributed by atoms with van der Waals surface area (Å²) >= 11 is 0. The first-order valence-electron chi connectivity index (χ1n) is 1.56. The van der Waals surface area contributed by atoms with E-state index in [0.717, 1.165) is 0 Å². The summed E-state index contributed by atoms with van der Waals surface area (Å²) in [5, 5.41) is 0. The monoisotopic (exact) mass is 562 g/mol. The quantitative estimate of drug-likeness (QED) is 0.344. The first kappa shape index (κ1) is 16.4. The second-order valence-corrected chi connectivity index (χ2v) is 1.26. The molecule has 0 heterocycles. The molecule has 0 saturated heterocycles. The molecule has 0 unspecified atom stereocenters. The van der Waals surface area contributed by atoms with E-state index in [0.29, 0.717) is 0 Å². The smallest absolute Gasteiger partial charge is 0.0692 e. The predicted octanol–water partition coefficient (Wildman–Crippen LogP) is 1.51. The maximum atomic E-state index is 6.67. The molecular weight excluding hydrogens is 554 g/mol. The molecule has 3 nitrogen and oxygen atoms in total. The molecule has 0 bridgehead atoms. The summed E-state index contributed by atoms with van der Waals surface area (Å²) in [7, 11) is 1.40. The minimum absolute atomic E-state index is 0. The van der Waals surface area contributed by atoms with Gasteiger partial charge in [-0.05, 0) is 6.58 Å². The van der Waals surface area contributed by atoms with Crippen molar-refractivity contribution in [3.63, 3.8) is 0 Å². The van der Waals surface area contributed by atoms with Gasteiger partial charge < -0.3 is 16.4 Å². The molecule has 44 valence electrons. The van der Waals surface area contributed by atoms with E-state index in [2.05, 4.69) is 6.58 Å². The van der Waals surface area contributed by atoms with Crippen molar-refractivity contribution < 1.29 is 66.9 Å². The zero-order valence-corrected chi connectivity index (χ0v) is 13.1. The van der Waals surface area contributed by atoms with Gasteiger partial charge in [0.1, 0.15) is 0 Å². The molecule has 5 heteroatoms. The number of hydrogen-bond donors (Lipinski definition) is 0. The number of nitrogens with one attached hydrogen (secondary N) is 2. The topological polar surface area (TPSA) is 47.6 Å². The summed E-state index contributed by atoms with van der Waals surface area (Å²) < 4.78 is -0.667. The molecule has 0 saturated carbocycles. The molecule has 0 aliphatic carbocycles. The third-order valence-electron chi connectivity index (χ3n) is 0.365. The van der Waals surface area contributed by atoms with E-state index in [-0.39, 0.29) is 62.2 Å². The van der Waals surface area contributed by atoms with Gasteiger partial charge in [0.2, 0.25) is 0 Å². The van der Waals surface area contributed by atoms with Gasteiger partial charge in [0.05, 0.1) is 13.2 Å². The Labute approximate surface area is 97.1 Å². The minimum Gasteiger partial charge on any atom is -0.473 e. The van der Waals surface area contributed by atoms with Gasteiger partial charge >= 0.3 is 0 Å². The first-order valence-corrected chi connectivity index (χ1v) is 1.56. The standard InChI is InChI=1S/C3H8N3.2U/c1-3-6(2,4)5;;/h3-5H,1H2,2H3;;/q-1;;. The van der Waals surface area contributed by atoms with Crippen molar-refractivity contribution in [3.05, 3.63) is 24.5 Å².